The molecule has 0 fully saturated rings. The molecule has 9 heteroatoms. The summed E-state index contributed by atoms with van der Waals surface area (Å²) in [5, 5.41) is 22.2. The molecule has 1 amide bonds. The van der Waals surface area contributed by atoms with Gasteiger partial charge in [-0.25, -0.2) is 5.43 Å². The van der Waals surface area contributed by atoms with E-state index in [4.69, 9.17) is 0 Å². The van der Waals surface area contributed by atoms with Crippen LogP contribution in [0.2, 0.25) is 0 Å². The number of benzene rings is 3. The lowest BCUT2D eigenvalue weighted by molar-refractivity contribution is -0.625. The molecule has 1 aromatic heterocycles. The molecule has 3 N–H and O–H groups in total. The van der Waals surface area contributed by atoms with E-state index in [2.05, 4.69) is 81.7 Å². The Labute approximate surface area is 222 Å². The number of para-hydroxylation sites is 1. The lowest BCUT2D eigenvalue weighted by Gasteiger charge is -2.18. The molecule has 0 unspecified atom stereocenters. The van der Waals surface area contributed by atoms with Crippen molar-refractivity contribution in [2.24, 2.45) is 5.10 Å². The summed E-state index contributed by atoms with van der Waals surface area (Å²) in [6.45, 7) is 6.56. The number of aromatic nitrogens is 3. The molecule has 0 spiro atoms. The normalized spacial score (nSPS) is 11.7. The number of amides is 1. The van der Waals surface area contributed by atoms with Gasteiger partial charge in [0.1, 0.15) is 11.4 Å². The Balaban J connectivity index is 1.52. The first-order chi connectivity index (χ1) is 17.2. The highest BCUT2D eigenvalue weighted by Crippen LogP contribution is 2.26. The Kier molecular flexibility index (Phi) is 7.91. The highest BCUT2D eigenvalue weighted by atomic mass is 79.9. The number of halogens is 1. The third-order valence-electron chi connectivity index (χ3n) is 5.43. The van der Waals surface area contributed by atoms with E-state index in [1.54, 1.807) is 18.2 Å². The number of H-pyrrole nitrogens is 1. The van der Waals surface area contributed by atoms with Gasteiger partial charge in [-0.15, -0.1) is 5.10 Å². The lowest BCUT2D eigenvalue weighted by Crippen LogP contribution is -2.34. The number of hydrogen-bond donors (Lipinski definition) is 3. The third-order valence-corrected chi connectivity index (χ3v) is 6.86. The second kappa shape index (κ2) is 11.1. The summed E-state index contributed by atoms with van der Waals surface area (Å²) in [6.07, 6.45) is 1.40. The molecule has 0 aliphatic carbocycles. The maximum Gasteiger partial charge on any atom is 0.342 e. The quantitative estimate of drug-likeness (QED) is 0.122. The minimum absolute atomic E-state index is 0.0640. The van der Waals surface area contributed by atoms with Gasteiger partial charge >= 0.3 is 5.16 Å². The van der Waals surface area contributed by atoms with Gasteiger partial charge in [0, 0.05) is 10.0 Å². The van der Waals surface area contributed by atoms with E-state index in [0.29, 0.717) is 10.7 Å². The molecular weight excluding hydrogens is 538 g/mol. The van der Waals surface area contributed by atoms with E-state index in [9.17, 15) is 9.90 Å². The topological polar surface area (TPSA) is 94.2 Å². The van der Waals surface area contributed by atoms with Crippen molar-refractivity contribution in [3.63, 3.8) is 0 Å². The van der Waals surface area contributed by atoms with Crippen LogP contribution in [0, 0.1) is 0 Å². The third kappa shape index (κ3) is 6.22. The zero-order chi connectivity index (χ0) is 25.7. The highest BCUT2D eigenvalue weighted by molar-refractivity contribution is 9.10. The van der Waals surface area contributed by atoms with Crippen LogP contribution in [0.1, 0.15) is 31.9 Å². The molecule has 36 heavy (non-hydrogen) atoms. The molecule has 4 rings (SSSR count). The molecule has 3 aromatic carbocycles. The van der Waals surface area contributed by atoms with Crippen LogP contribution in [0.3, 0.4) is 0 Å². The first kappa shape index (κ1) is 25.7. The average molecular weight is 566 g/mol. The van der Waals surface area contributed by atoms with Gasteiger partial charge in [0.05, 0.1) is 22.6 Å². The number of hydrazone groups is 1. The molecule has 0 aliphatic heterocycles. The second-order valence-electron chi connectivity index (χ2n) is 9.14. The van der Waals surface area contributed by atoms with Crippen molar-refractivity contribution in [2.45, 2.75) is 31.3 Å². The Hall–Kier alpha value is -3.43. The summed E-state index contributed by atoms with van der Waals surface area (Å²) in [5.74, 6) is 0.730. The molecule has 4 aromatic rings. The fourth-order valence-electron chi connectivity index (χ4n) is 3.50. The SMILES string of the molecule is CC(C)(C)c1ccc(-c2[nH]nc(SCC(=O)NN=Cc3cc(Br)ccc3O)[n+]2-c2ccccc2)cc1. The average Bonchev–Trinajstić information content (AvgIpc) is 3.29. The summed E-state index contributed by atoms with van der Waals surface area (Å²) in [6, 6.07) is 23.3. The van der Waals surface area contributed by atoms with Crippen molar-refractivity contribution in [1.82, 2.24) is 15.6 Å². The van der Waals surface area contributed by atoms with Crippen LogP contribution < -0.4 is 9.99 Å². The Bertz CT molecular complexity index is 1380. The number of aromatic hydroxyl groups is 1. The zero-order valence-corrected chi connectivity index (χ0v) is 22.6. The van der Waals surface area contributed by atoms with E-state index in [1.807, 2.05) is 34.9 Å². The molecule has 7 nitrogen and oxygen atoms in total. The molecule has 1 heterocycles. The van der Waals surface area contributed by atoms with Gasteiger partial charge in [0.15, 0.2) is 0 Å². The largest absolute Gasteiger partial charge is 0.507 e. The van der Waals surface area contributed by atoms with Gasteiger partial charge in [0.25, 0.3) is 11.7 Å². The van der Waals surface area contributed by atoms with Gasteiger partial charge in [-0.2, -0.15) is 9.67 Å². The molecule has 0 bridgehead atoms. The van der Waals surface area contributed by atoms with Gasteiger partial charge in [0.2, 0.25) is 0 Å². The smallest absolute Gasteiger partial charge is 0.342 e. The first-order valence-electron chi connectivity index (χ1n) is 11.3. The number of carbonyl (C=O) groups is 1. The summed E-state index contributed by atoms with van der Waals surface area (Å²) in [4.78, 5) is 12.4. The standard InChI is InChI=1S/C27H26BrN5O2S/c1-27(2,3)20-11-9-18(10-12-20)25-31-32-26(33(25)22-7-5-4-6-8-22)36-17-24(35)30-29-16-19-15-21(28)13-14-23(19)34/h4-16H,17H2,1-3H3,(H2,29,30,34,35)/p+1. The number of carbonyl (C=O) groups excluding carboxylic acids is 1. The molecule has 0 saturated heterocycles. The number of hydrogen-bond acceptors (Lipinski definition) is 5. The fraction of sp³-hybridized carbons (Fsp3) is 0.185. The van der Waals surface area contributed by atoms with Crippen LogP contribution in [0.5, 0.6) is 5.75 Å². The summed E-state index contributed by atoms with van der Waals surface area (Å²) in [7, 11) is 0. The van der Waals surface area contributed by atoms with Gasteiger partial charge in [-0.1, -0.05) is 67.0 Å². The van der Waals surface area contributed by atoms with Crippen LogP contribution in [-0.2, 0) is 10.2 Å². The maximum absolute atomic E-state index is 12.4. The maximum atomic E-state index is 12.4. The van der Waals surface area contributed by atoms with Crippen molar-refractivity contribution in [1.29, 1.82) is 0 Å². The van der Waals surface area contributed by atoms with Crippen molar-refractivity contribution in [2.75, 3.05) is 5.75 Å². The minimum atomic E-state index is -0.288. The predicted molar refractivity (Wildman–Crippen MR) is 147 cm³/mol. The molecular formula is C27H27BrN5O2S+. The minimum Gasteiger partial charge on any atom is -0.507 e. The summed E-state index contributed by atoms with van der Waals surface area (Å²) in [5.41, 5.74) is 6.24. The fourth-order valence-corrected chi connectivity index (χ4v) is 4.64. The zero-order valence-electron chi connectivity index (χ0n) is 20.2. The number of aromatic amines is 1. The monoisotopic (exact) mass is 564 g/mol. The Morgan fingerprint density at radius 2 is 1.86 bits per heavy atom. The Morgan fingerprint density at radius 1 is 1.14 bits per heavy atom. The van der Waals surface area contributed by atoms with E-state index in [-0.39, 0.29) is 22.8 Å². The summed E-state index contributed by atoms with van der Waals surface area (Å²) < 4.78 is 2.81. The molecule has 0 saturated carbocycles. The number of nitrogens with zero attached hydrogens (tertiary/aromatic N) is 3. The highest BCUT2D eigenvalue weighted by Gasteiger charge is 2.25. The molecule has 0 radical (unpaired) electrons. The number of nitrogens with one attached hydrogen (secondary N) is 2. The lowest BCUT2D eigenvalue weighted by atomic mass is 9.87. The van der Waals surface area contributed by atoms with Gasteiger partial charge < -0.3 is 5.11 Å². The van der Waals surface area contributed by atoms with Crippen LogP contribution in [0.15, 0.2) is 87.5 Å². The van der Waals surface area contributed by atoms with E-state index >= 15 is 0 Å². The molecule has 0 atom stereocenters. The van der Waals surface area contributed by atoms with Gasteiger partial charge in [-0.05, 0) is 65.2 Å². The van der Waals surface area contributed by atoms with Gasteiger partial charge in [-0.3, -0.25) is 4.79 Å². The first-order valence-corrected chi connectivity index (χ1v) is 13.1. The van der Waals surface area contributed by atoms with Crippen molar-refractivity contribution < 1.29 is 14.5 Å². The van der Waals surface area contributed by atoms with E-state index in [1.165, 1.54) is 23.5 Å². The van der Waals surface area contributed by atoms with Crippen LogP contribution in [0.25, 0.3) is 17.1 Å². The van der Waals surface area contributed by atoms with Crippen molar-refractivity contribution in [3.05, 3.63) is 88.4 Å². The van der Waals surface area contributed by atoms with Crippen LogP contribution >= 0.6 is 27.7 Å². The predicted octanol–water partition coefficient (Wildman–Crippen LogP) is 5.36. The number of rotatable bonds is 7. The number of phenols is 1. The van der Waals surface area contributed by atoms with E-state index in [0.717, 1.165) is 21.5 Å². The van der Waals surface area contributed by atoms with Crippen LogP contribution in [-0.4, -0.2) is 33.2 Å². The number of phenolic OH excluding ortho intramolecular Hbond substituents is 1. The van der Waals surface area contributed by atoms with E-state index < -0.39 is 0 Å². The van der Waals surface area contributed by atoms with Crippen molar-refractivity contribution in [3.8, 4) is 22.8 Å². The van der Waals surface area contributed by atoms with Crippen LogP contribution in [0.4, 0.5) is 0 Å². The number of thioether (sulfide) groups is 1. The second-order valence-corrected chi connectivity index (χ2v) is 11.0. The van der Waals surface area contributed by atoms with Crippen molar-refractivity contribution >= 4 is 39.8 Å². The Morgan fingerprint density at radius 3 is 2.56 bits per heavy atom. The molecule has 184 valence electrons. The summed E-state index contributed by atoms with van der Waals surface area (Å²) >= 11 is 4.65. The molecule has 0 aliphatic rings.